The Labute approximate surface area is 212 Å². The molecule has 8 atom stereocenters. The number of amides is 1. The molecule has 5 fully saturated rings. The smallest absolute Gasteiger partial charge is 0.383 e. The minimum absolute atomic E-state index is 0.0808. The Morgan fingerprint density at radius 1 is 1.14 bits per heavy atom. The molecule has 13 heteroatoms. The van der Waals surface area contributed by atoms with Crippen LogP contribution in [0, 0.1) is 35.0 Å². The van der Waals surface area contributed by atoms with E-state index in [-0.39, 0.29) is 36.5 Å². The third kappa shape index (κ3) is 5.10. The van der Waals surface area contributed by atoms with E-state index < -0.39 is 54.5 Å². The molecule has 2 saturated carbocycles. The molecule has 0 aromatic rings. The maximum atomic E-state index is 14.0. The number of alkyl halides is 6. The van der Waals surface area contributed by atoms with Crippen molar-refractivity contribution in [3.63, 3.8) is 0 Å². The molecular weight excluding hydrogens is 506 g/mol. The summed E-state index contributed by atoms with van der Waals surface area (Å²) in [6.45, 7) is 1.83. The van der Waals surface area contributed by atoms with Gasteiger partial charge in [-0.1, -0.05) is 6.42 Å². The Kier molecular flexibility index (Phi) is 7.26. The van der Waals surface area contributed by atoms with Crippen molar-refractivity contribution in [3.8, 4) is 0 Å². The van der Waals surface area contributed by atoms with E-state index in [0.29, 0.717) is 32.7 Å². The lowest BCUT2D eigenvalue weighted by atomic mass is 9.64. The molecule has 0 bridgehead atoms. The van der Waals surface area contributed by atoms with Crippen LogP contribution >= 0.6 is 0 Å². The topological polar surface area (TPSA) is 77.1 Å². The fourth-order valence-corrected chi connectivity index (χ4v) is 7.67. The molecule has 3 aliphatic heterocycles. The van der Waals surface area contributed by atoms with Crippen LogP contribution in [-0.2, 0) is 9.53 Å². The maximum Gasteiger partial charge on any atom is 0.414 e. The van der Waals surface area contributed by atoms with Crippen LogP contribution in [0.15, 0.2) is 0 Å². The Hall–Kier alpha value is -1.15. The number of halogens is 6. The minimum Gasteiger partial charge on any atom is -0.383 e. The lowest BCUT2D eigenvalue weighted by Gasteiger charge is -2.52. The van der Waals surface area contributed by atoms with Gasteiger partial charge in [-0.25, -0.2) is 10.9 Å². The monoisotopic (exact) mass is 542 g/mol. The summed E-state index contributed by atoms with van der Waals surface area (Å²) in [5.41, 5.74) is 6.31. The first kappa shape index (κ1) is 27.4. The molecule has 3 N–H and O–H groups in total. The van der Waals surface area contributed by atoms with Crippen molar-refractivity contribution >= 4 is 5.91 Å². The third-order valence-corrected chi connectivity index (χ3v) is 9.82. The molecule has 37 heavy (non-hydrogen) atoms. The number of aliphatic hydroxyl groups is 1. The molecule has 0 aromatic carbocycles. The van der Waals surface area contributed by atoms with Gasteiger partial charge in [-0.2, -0.15) is 26.3 Å². The van der Waals surface area contributed by atoms with Gasteiger partial charge in [0.05, 0.1) is 32.0 Å². The minimum atomic E-state index is -5.03. The number of rotatable bonds is 5. The van der Waals surface area contributed by atoms with Crippen molar-refractivity contribution < 1.29 is 41.0 Å². The van der Waals surface area contributed by atoms with Gasteiger partial charge in [0.15, 0.2) is 6.10 Å². The molecule has 1 amide bonds. The summed E-state index contributed by atoms with van der Waals surface area (Å²) in [5, 5.41) is 9.77. The maximum absolute atomic E-state index is 14.0. The molecule has 0 aromatic heterocycles. The quantitative estimate of drug-likeness (QED) is 0.464. The summed E-state index contributed by atoms with van der Waals surface area (Å²) < 4.78 is 87.1. The molecule has 0 spiro atoms. The van der Waals surface area contributed by atoms with Crippen LogP contribution in [0.4, 0.5) is 26.3 Å². The summed E-state index contributed by atoms with van der Waals surface area (Å²) in [5.74, 6) is -6.15. The summed E-state index contributed by atoms with van der Waals surface area (Å²) >= 11 is 0. The predicted molar refractivity (Wildman–Crippen MR) is 119 cm³/mol. The van der Waals surface area contributed by atoms with E-state index in [1.54, 1.807) is 0 Å². The van der Waals surface area contributed by atoms with Crippen LogP contribution in [0.25, 0.3) is 0 Å². The molecule has 5 rings (SSSR count). The largest absolute Gasteiger partial charge is 0.414 e. The lowest BCUT2D eigenvalue weighted by molar-refractivity contribution is -0.244. The zero-order chi connectivity index (χ0) is 26.8. The van der Waals surface area contributed by atoms with Crippen LogP contribution < -0.4 is 10.9 Å². The number of nitrogens with zero attached hydrogens (tertiary/aromatic N) is 2. The molecule has 8 unspecified atom stereocenters. The Balaban J connectivity index is 1.32. The fourth-order valence-electron chi connectivity index (χ4n) is 7.67. The van der Waals surface area contributed by atoms with Crippen molar-refractivity contribution in [1.29, 1.82) is 0 Å². The van der Waals surface area contributed by atoms with E-state index in [4.69, 9.17) is 4.74 Å². The van der Waals surface area contributed by atoms with Gasteiger partial charge in [0.25, 0.3) is 0 Å². The first-order chi connectivity index (χ1) is 17.3. The van der Waals surface area contributed by atoms with Crippen LogP contribution in [0.3, 0.4) is 0 Å². The van der Waals surface area contributed by atoms with E-state index >= 15 is 0 Å². The van der Waals surface area contributed by atoms with Crippen molar-refractivity contribution in [3.05, 3.63) is 0 Å². The SMILES string of the molecule is CN1CNNC1CC1(C2CCCC(N3CC4C(CC(C(O)C(F)(F)F)CC4C(F)(F)F)C3=O)C2)COC1. The molecule has 3 heterocycles. The highest BCUT2D eigenvalue weighted by Crippen LogP contribution is 2.54. The molecule has 2 aliphatic carbocycles. The Morgan fingerprint density at radius 2 is 1.86 bits per heavy atom. The van der Waals surface area contributed by atoms with Gasteiger partial charge in [0, 0.05) is 23.9 Å². The second-order valence-electron chi connectivity index (χ2n) is 12.0. The van der Waals surface area contributed by atoms with Crippen LogP contribution in [0.2, 0.25) is 0 Å². The number of carbonyl (C=O) groups is 1. The number of hydrazine groups is 1. The van der Waals surface area contributed by atoms with Crippen LogP contribution in [0.5, 0.6) is 0 Å². The van der Waals surface area contributed by atoms with Gasteiger partial charge in [-0.3, -0.25) is 9.69 Å². The lowest BCUT2D eigenvalue weighted by Crippen LogP contribution is -2.56. The molecule has 3 saturated heterocycles. The van der Waals surface area contributed by atoms with Gasteiger partial charge < -0.3 is 14.7 Å². The van der Waals surface area contributed by atoms with E-state index in [9.17, 15) is 36.2 Å². The van der Waals surface area contributed by atoms with Gasteiger partial charge in [-0.15, -0.1) is 0 Å². The number of hydrogen-bond donors (Lipinski definition) is 3. The van der Waals surface area contributed by atoms with E-state index in [2.05, 4.69) is 15.8 Å². The number of ether oxygens (including phenoxy) is 1. The molecule has 5 aliphatic rings. The van der Waals surface area contributed by atoms with Gasteiger partial charge in [0.1, 0.15) is 0 Å². The molecule has 7 nitrogen and oxygen atoms in total. The van der Waals surface area contributed by atoms with Gasteiger partial charge in [-0.05, 0) is 63.3 Å². The first-order valence-electron chi connectivity index (χ1n) is 13.2. The number of hydrogen-bond acceptors (Lipinski definition) is 6. The Bertz CT molecular complexity index is 853. The average Bonchev–Trinajstić information content (AvgIpc) is 3.36. The van der Waals surface area contributed by atoms with E-state index in [1.165, 1.54) is 4.90 Å². The summed E-state index contributed by atoms with van der Waals surface area (Å²) in [4.78, 5) is 17.1. The molecule has 0 radical (unpaired) electrons. The zero-order valence-corrected chi connectivity index (χ0v) is 20.8. The number of aliphatic hydroxyl groups excluding tert-OH is 1. The summed E-state index contributed by atoms with van der Waals surface area (Å²) in [6, 6.07) is -0.235. The summed E-state index contributed by atoms with van der Waals surface area (Å²) in [6.07, 6.45) is -9.72. The molecular formula is C24H36F6N4O3. The van der Waals surface area contributed by atoms with Crippen molar-refractivity contribution in [1.82, 2.24) is 20.7 Å². The number of likely N-dealkylation sites (tertiary alicyclic amines) is 1. The van der Waals surface area contributed by atoms with Crippen LogP contribution in [0.1, 0.15) is 44.9 Å². The summed E-state index contributed by atoms with van der Waals surface area (Å²) in [7, 11) is 2.01. The van der Waals surface area contributed by atoms with Crippen molar-refractivity contribution in [2.45, 2.75) is 75.6 Å². The Morgan fingerprint density at radius 3 is 2.43 bits per heavy atom. The standard InChI is InChI=1S/C24H36F6N4O3/c1-33-12-31-32-19(33)8-22(10-37-11-22)14-3-2-4-15(7-14)34-9-17-16(21(34)36)5-13(20(35)24(28,29)30)6-18(17)23(25,26)27/h13-20,31-32,35H,2-12H2,1H3. The number of nitrogens with one attached hydrogen (secondary N) is 2. The second-order valence-corrected chi connectivity index (χ2v) is 12.0. The second kappa shape index (κ2) is 9.79. The van der Waals surface area contributed by atoms with Crippen molar-refractivity contribution in [2.24, 2.45) is 35.0 Å². The van der Waals surface area contributed by atoms with E-state index in [0.717, 1.165) is 19.3 Å². The highest BCUT2D eigenvalue weighted by molar-refractivity contribution is 5.82. The average molecular weight is 543 g/mol. The first-order valence-corrected chi connectivity index (χ1v) is 13.2. The van der Waals surface area contributed by atoms with Crippen molar-refractivity contribution in [2.75, 3.05) is 33.5 Å². The zero-order valence-electron chi connectivity index (χ0n) is 20.8. The third-order valence-electron chi connectivity index (χ3n) is 9.82. The van der Waals surface area contributed by atoms with Gasteiger partial charge in [0.2, 0.25) is 5.91 Å². The number of carbonyl (C=O) groups excluding carboxylic acids is 1. The highest BCUT2D eigenvalue weighted by atomic mass is 19.4. The molecule has 212 valence electrons. The van der Waals surface area contributed by atoms with Crippen LogP contribution in [-0.4, -0.2) is 85.0 Å². The predicted octanol–water partition coefficient (Wildman–Crippen LogP) is 2.86. The van der Waals surface area contributed by atoms with Gasteiger partial charge >= 0.3 is 12.4 Å². The highest BCUT2D eigenvalue weighted by Gasteiger charge is 2.61. The normalized spacial score (nSPS) is 39.9. The number of fused-ring (bicyclic) bond motifs is 1. The van der Waals surface area contributed by atoms with E-state index in [1.807, 2.05) is 7.05 Å². The fraction of sp³-hybridized carbons (Fsp3) is 0.958.